The molecular formula is C13H14FNO2. The molecule has 3 nitrogen and oxygen atoms in total. The number of hydrogen-bond acceptors (Lipinski definition) is 2. The zero-order valence-corrected chi connectivity index (χ0v) is 9.40. The van der Waals surface area contributed by atoms with E-state index in [0.717, 1.165) is 6.42 Å². The Bertz CT molecular complexity index is 457. The number of halogens is 1. The minimum atomic E-state index is -0.386. The summed E-state index contributed by atoms with van der Waals surface area (Å²) in [6.45, 7) is 0.0621. The molecule has 17 heavy (non-hydrogen) atoms. The number of aliphatic hydroxyl groups excluding tert-OH is 1. The van der Waals surface area contributed by atoms with Crippen molar-refractivity contribution < 1.29 is 14.3 Å². The first-order valence-corrected chi connectivity index (χ1v) is 5.55. The molecule has 0 unspecified atom stereocenters. The van der Waals surface area contributed by atoms with Crippen molar-refractivity contribution in [3.05, 3.63) is 47.4 Å². The van der Waals surface area contributed by atoms with E-state index in [4.69, 9.17) is 5.11 Å². The summed E-state index contributed by atoms with van der Waals surface area (Å²) in [5.74, 6) is -0.374. The number of amides is 1. The van der Waals surface area contributed by atoms with Crippen LogP contribution in [0.1, 0.15) is 24.0 Å². The Balaban J connectivity index is 2.15. The van der Waals surface area contributed by atoms with Gasteiger partial charge in [0.1, 0.15) is 5.82 Å². The lowest BCUT2D eigenvalue weighted by Crippen LogP contribution is -2.27. The normalized spacial score (nSPS) is 15.4. The number of rotatable bonds is 3. The van der Waals surface area contributed by atoms with Gasteiger partial charge in [0.15, 0.2) is 0 Å². The Labute approximate surface area is 99.2 Å². The summed E-state index contributed by atoms with van der Waals surface area (Å²) in [7, 11) is 0. The summed E-state index contributed by atoms with van der Waals surface area (Å²) >= 11 is 0. The second kappa shape index (κ2) is 5.10. The van der Waals surface area contributed by atoms with Gasteiger partial charge in [-0.1, -0.05) is 18.2 Å². The van der Waals surface area contributed by atoms with Crippen LogP contribution >= 0.6 is 0 Å². The topological polar surface area (TPSA) is 40.5 Å². The molecule has 0 spiro atoms. The lowest BCUT2D eigenvalue weighted by molar-refractivity contribution is -0.129. The van der Waals surface area contributed by atoms with E-state index in [1.807, 2.05) is 6.08 Å². The van der Waals surface area contributed by atoms with Crippen LogP contribution < -0.4 is 0 Å². The molecule has 4 heteroatoms. The van der Waals surface area contributed by atoms with E-state index in [1.165, 1.54) is 11.0 Å². The number of carbonyl (C=O) groups excluding carboxylic acids is 1. The number of hydrogen-bond donors (Lipinski definition) is 1. The fourth-order valence-electron chi connectivity index (χ4n) is 1.78. The molecule has 90 valence electrons. The minimum Gasteiger partial charge on any atom is -0.392 e. The van der Waals surface area contributed by atoms with E-state index in [1.54, 1.807) is 18.3 Å². The van der Waals surface area contributed by atoms with Crippen LogP contribution in [0.15, 0.2) is 30.5 Å². The van der Waals surface area contributed by atoms with Gasteiger partial charge in [0.25, 0.3) is 0 Å². The Morgan fingerprint density at radius 3 is 2.88 bits per heavy atom. The van der Waals surface area contributed by atoms with Crippen LogP contribution in [0.3, 0.4) is 0 Å². The third kappa shape index (κ3) is 2.71. The van der Waals surface area contributed by atoms with Crippen molar-refractivity contribution in [1.82, 2.24) is 4.90 Å². The van der Waals surface area contributed by atoms with Crippen molar-refractivity contribution in [2.75, 3.05) is 0 Å². The number of aliphatic hydroxyl groups is 1. The second-order valence-electron chi connectivity index (χ2n) is 4.03. The summed E-state index contributed by atoms with van der Waals surface area (Å²) in [6, 6.07) is 4.57. The largest absolute Gasteiger partial charge is 0.392 e. The van der Waals surface area contributed by atoms with Crippen LogP contribution in [0.5, 0.6) is 0 Å². The monoisotopic (exact) mass is 235 g/mol. The zero-order chi connectivity index (χ0) is 12.3. The van der Waals surface area contributed by atoms with Gasteiger partial charge in [0, 0.05) is 18.2 Å². The van der Waals surface area contributed by atoms with E-state index in [2.05, 4.69) is 0 Å². The quantitative estimate of drug-likeness (QED) is 0.870. The average Bonchev–Trinajstić information content (AvgIpc) is 2.34. The van der Waals surface area contributed by atoms with Gasteiger partial charge in [-0.15, -0.1) is 0 Å². The average molecular weight is 235 g/mol. The molecule has 1 aromatic rings. The van der Waals surface area contributed by atoms with E-state index in [9.17, 15) is 9.18 Å². The van der Waals surface area contributed by atoms with Crippen LogP contribution in [0, 0.1) is 5.82 Å². The molecule has 1 heterocycles. The van der Waals surface area contributed by atoms with Gasteiger partial charge in [-0.2, -0.15) is 0 Å². The molecule has 2 rings (SSSR count). The van der Waals surface area contributed by atoms with Crippen LogP contribution in [-0.2, 0) is 17.9 Å². The van der Waals surface area contributed by atoms with Gasteiger partial charge in [-0.05, 0) is 18.1 Å². The van der Waals surface area contributed by atoms with E-state index in [0.29, 0.717) is 17.5 Å². The molecule has 0 saturated carbocycles. The number of carbonyl (C=O) groups is 1. The molecule has 0 aromatic heterocycles. The minimum absolute atomic E-state index is 0.0122. The first kappa shape index (κ1) is 11.8. The number of nitrogens with zero attached hydrogens (tertiary/aromatic N) is 1. The first-order valence-electron chi connectivity index (χ1n) is 5.55. The smallest absolute Gasteiger partial charge is 0.227 e. The maximum Gasteiger partial charge on any atom is 0.227 e. The van der Waals surface area contributed by atoms with Gasteiger partial charge in [0.2, 0.25) is 5.91 Å². The second-order valence-corrected chi connectivity index (χ2v) is 4.03. The highest BCUT2D eigenvalue weighted by Gasteiger charge is 2.15. The lowest BCUT2D eigenvalue weighted by atomic mass is 10.1. The molecule has 1 amide bonds. The molecule has 0 atom stereocenters. The van der Waals surface area contributed by atoms with E-state index < -0.39 is 0 Å². The fourth-order valence-corrected chi connectivity index (χ4v) is 1.78. The van der Waals surface area contributed by atoms with Crippen LogP contribution in [0.25, 0.3) is 0 Å². The van der Waals surface area contributed by atoms with Crippen LogP contribution in [0.4, 0.5) is 4.39 Å². The lowest BCUT2D eigenvalue weighted by Gasteiger charge is -2.21. The Morgan fingerprint density at radius 2 is 2.24 bits per heavy atom. The number of allylic oxidation sites excluding steroid dienone is 1. The summed E-state index contributed by atoms with van der Waals surface area (Å²) in [4.78, 5) is 13.1. The van der Waals surface area contributed by atoms with Crippen LogP contribution in [-0.4, -0.2) is 15.9 Å². The molecule has 0 radical (unpaired) electrons. The van der Waals surface area contributed by atoms with E-state index >= 15 is 0 Å². The van der Waals surface area contributed by atoms with Crippen molar-refractivity contribution in [2.24, 2.45) is 0 Å². The summed E-state index contributed by atoms with van der Waals surface area (Å²) in [6.07, 6.45) is 4.83. The van der Waals surface area contributed by atoms with Crippen molar-refractivity contribution in [1.29, 1.82) is 0 Å². The SMILES string of the molecule is O=C1CCC=CN1Cc1ccc(CO)cc1F. The molecule has 0 saturated heterocycles. The molecule has 0 bridgehead atoms. The highest BCUT2D eigenvalue weighted by molar-refractivity contribution is 5.78. The highest BCUT2D eigenvalue weighted by Crippen LogP contribution is 2.16. The van der Waals surface area contributed by atoms with Crippen molar-refractivity contribution in [3.63, 3.8) is 0 Å². The van der Waals surface area contributed by atoms with Crippen molar-refractivity contribution in [3.8, 4) is 0 Å². The maximum absolute atomic E-state index is 13.6. The Morgan fingerprint density at radius 1 is 1.41 bits per heavy atom. The Kier molecular flexibility index (Phi) is 3.54. The summed E-state index contributed by atoms with van der Waals surface area (Å²) in [5, 5.41) is 8.87. The van der Waals surface area contributed by atoms with Crippen molar-refractivity contribution >= 4 is 5.91 Å². The molecule has 1 aliphatic heterocycles. The first-order chi connectivity index (χ1) is 8.20. The number of benzene rings is 1. The molecule has 1 aliphatic rings. The standard InChI is InChI=1S/C13H14FNO2/c14-12-7-10(9-16)4-5-11(12)8-15-6-2-1-3-13(15)17/h2,4-7,16H,1,3,8-9H2. The molecular weight excluding hydrogens is 221 g/mol. The van der Waals surface area contributed by atoms with Crippen molar-refractivity contribution in [2.45, 2.75) is 26.0 Å². The predicted molar refractivity (Wildman–Crippen MR) is 61.2 cm³/mol. The summed E-state index contributed by atoms with van der Waals surface area (Å²) < 4.78 is 13.6. The van der Waals surface area contributed by atoms with Gasteiger partial charge < -0.3 is 10.0 Å². The molecule has 0 aliphatic carbocycles. The molecule has 1 aromatic carbocycles. The van der Waals surface area contributed by atoms with Crippen LogP contribution in [0.2, 0.25) is 0 Å². The third-order valence-corrected chi connectivity index (χ3v) is 2.77. The van der Waals surface area contributed by atoms with E-state index in [-0.39, 0.29) is 24.9 Å². The fraction of sp³-hybridized carbons (Fsp3) is 0.308. The van der Waals surface area contributed by atoms with Gasteiger partial charge in [0.05, 0.1) is 13.2 Å². The zero-order valence-electron chi connectivity index (χ0n) is 9.40. The molecule has 1 N–H and O–H groups in total. The van der Waals surface area contributed by atoms with Gasteiger partial charge in [-0.3, -0.25) is 4.79 Å². The molecule has 0 fully saturated rings. The van der Waals surface area contributed by atoms with Gasteiger partial charge in [-0.25, -0.2) is 4.39 Å². The highest BCUT2D eigenvalue weighted by atomic mass is 19.1. The third-order valence-electron chi connectivity index (χ3n) is 2.77. The van der Waals surface area contributed by atoms with Gasteiger partial charge >= 0.3 is 0 Å². The predicted octanol–water partition coefficient (Wildman–Crippen LogP) is 1.95. The Hall–Kier alpha value is -1.68. The maximum atomic E-state index is 13.6. The summed E-state index contributed by atoms with van der Waals surface area (Å²) in [5.41, 5.74) is 0.994.